The third-order valence-corrected chi connectivity index (χ3v) is 3.48. The molecule has 2 aromatic rings. The first-order valence-electron chi connectivity index (χ1n) is 6.40. The van der Waals surface area contributed by atoms with Crippen molar-refractivity contribution in [2.45, 2.75) is 13.3 Å². The SMILES string of the molecule is COc1cc(C(=O)Cc2cc(C)nn2C)cc(Cl)c1OC. The van der Waals surface area contributed by atoms with Gasteiger partial charge in [0.15, 0.2) is 17.3 Å². The first kappa shape index (κ1) is 15.4. The second-order valence-corrected chi connectivity index (χ2v) is 5.10. The number of rotatable bonds is 5. The largest absolute Gasteiger partial charge is 0.493 e. The van der Waals surface area contributed by atoms with Crippen LogP contribution >= 0.6 is 11.6 Å². The van der Waals surface area contributed by atoms with E-state index in [9.17, 15) is 4.79 Å². The van der Waals surface area contributed by atoms with Crippen molar-refractivity contribution in [1.29, 1.82) is 0 Å². The van der Waals surface area contributed by atoms with Crippen LogP contribution in [0.5, 0.6) is 11.5 Å². The fraction of sp³-hybridized carbons (Fsp3) is 0.333. The van der Waals surface area contributed by atoms with Gasteiger partial charge in [0.2, 0.25) is 0 Å². The molecule has 0 fully saturated rings. The molecule has 1 aromatic heterocycles. The van der Waals surface area contributed by atoms with E-state index in [0.717, 1.165) is 11.4 Å². The lowest BCUT2D eigenvalue weighted by molar-refractivity contribution is 0.0990. The maximum atomic E-state index is 12.4. The normalized spacial score (nSPS) is 10.5. The molecule has 0 bridgehead atoms. The Balaban J connectivity index is 2.31. The summed E-state index contributed by atoms with van der Waals surface area (Å²) in [6, 6.07) is 5.12. The number of nitrogens with zero attached hydrogens (tertiary/aromatic N) is 2. The van der Waals surface area contributed by atoms with Gasteiger partial charge in [0.1, 0.15) is 0 Å². The monoisotopic (exact) mass is 308 g/mol. The molecule has 1 aromatic carbocycles. The molecule has 0 aliphatic rings. The smallest absolute Gasteiger partial charge is 0.179 e. The number of hydrogen-bond donors (Lipinski definition) is 0. The predicted molar refractivity (Wildman–Crippen MR) is 80.5 cm³/mol. The molecule has 0 saturated carbocycles. The number of halogens is 1. The van der Waals surface area contributed by atoms with Crippen molar-refractivity contribution < 1.29 is 14.3 Å². The molecule has 0 spiro atoms. The van der Waals surface area contributed by atoms with Crippen molar-refractivity contribution in [2.24, 2.45) is 7.05 Å². The van der Waals surface area contributed by atoms with E-state index in [0.29, 0.717) is 22.1 Å². The molecule has 0 saturated heterocycles. The van der Waals surface area contributed by atoms with Gasteiger partial charge in [0.25, 0.3) is 0 Å². The summed E-state index contributed by atoms with van der Waals surface area (Å²) in [6.07, 6.45) is 0.253. The van der Waals surface area contributed by atoms with Gasteiger partial charge in [-0.3, -0.25) is 9.48 Å². The molecule has 0 amide bonds. The molecule has 0 unspecified atom stereocenters. The fourth-order valence-electron chi connectivity index (χ4n) is 2.18. The van der Waals surface area contributed by atoms with Gasteiger partial charge >= 0.3 is 0 Å². The standard InChI is InChI=1S/C15H17ClN2O3/c1-9-5-11(18(2)17-9)8-13(19)10-6-12(16)15(21-4)14(7-10)20-3/h5-7H,8H2,1-4H3. The Bertz CT molecular complexity index is 680. The molecule has 6 heteroatoms. The lowest BCUT2D eigenvalue weighted by atomic mass is 10.1. The number of benzene rings is 1. The van der Waals surface area contributed by atoms with Gasteiger partial charge < -0.3 is 9.47 Å². The molecule has 0 aliphatic carbocycles. The Hall–Kier alpha value is -2.01. The maximum absolute atomic E-state index is 12.4. The van der Waals surface area contributed by atoms with Crippen LogP contribution in [0, 0.1) is 6.92 Å². The minimum Gasteiger partial charge on any atom is -0.493 e. The number of ether oxygens (including phenoxy) is 2. The van der Waals surface area contributed by atoms with E-state index >= 15 is 0 Å². The van der Waals surface area contributed by atoms with Crippen LogP contribution in [0.3, 0.4) is 0 Å². The molecular weight excluding hydrogens is 292 g/mol. The van der Waals surface area contributed by atoms with Crippen LogP contribution in [0.1, 0.15) is 21.7 Å². The van der Waals surface area contributed by atoms with Crippen LogP contribution in [-0.2, 0) is 13.5 Å². The zero-order valence-corrected chi connectivity index (χ0v) is 13.2. The molecule has 0 N–H and O–H groups in total. The predicted octanol–water partition coefficient (Wildman–Crippen LogP) is 2.82. The van der Waals surface area contributed by atoms with Crippen LogP contribution in [0.15, 0.2) is 18.2 Å². The summed E-state index contributed by atoms with van der Waals surface area (Å²) in [5.74, 6) is 0.808. The van der Waals surface area contributed by atoms with Crippen molar-refractivity contribution in [3.05, 3.63) is 40.2 Å². The average molecular weight is 309 g/mol. The van der Waals surface area contributed by atoms with E-state index in [1.54, 1.807) is 16.8 Å². The van der Waals surface area contributed by atoms with Gasteiger partial charge in [-0.1, -0.05) is 11.6 Å². The number of hydrogen-bond acceptors (Lipinski definition) is 4. The molecule has 21 heavy (non-hydrogen) atoms. The lowest BCUT2D eigenvalue weighted by Crippen LogP contribution is -2.08. The summed E-state index contributed by atoms with van der Waals surface area (Å²) < 4.78 is 12.1. The van der Waals surface area contributed by atoms with Gasteiger partial charge in [-0.15, -0.1) is 0 Å². The number of carbonyl (C=O) groups excluding carboxylic acids is 1. The number of aryl methyl sites for hydroxylation is 2. The number of methoxy groups -OCH3 is 2. The van der Waals surface area contributed by atoms with E-state index in [1.807, 2.05) is 20.0 Å². The van der Waals surface area contributed by atoms with Crippen molar-refractivity contribution >= 4 is 17.4 Å². The lowest BCUT2D eigenvalue weighted by Gasteiger charge is -2.11. The van der Waals surface area contributed by atoms with Gasteiger partial charge in [0.05, 0.1) is 31.4 Å². The van der Waals surface area contributed by atoms with E-state index in [-0.39, 0.29) is 12.2 Å². The second kappa shape index (κ2) is 6.18. The van der Waals surface area contributed by atoms with Gasteiger partial charge in [-0.05, 0) is 25.1 Å². The molecule has 1 heterocycles. The Morgan fingerprint density at radius 1 is 1.29 bits per heavy atom. The molecule has 5 nitrogen and oxygen atoms in total. The molecule has 0 radical (unpaired) electrons. The highest BCUT2D eigenvalue weighted by atomic mass is 35.5. The number of carbonyl (C=O) groups is 1. The van der Waals surface area contributed by atoms with Crippen LogP contribution < -0.4 is 9.47 Å². The van der Waals surface area contributed by atoms with E-state index in [1.165, 1.54) is 14.2 Å². The van der Waals surface area contributed by atoms with Crippen LogP contribution in [0.4, 0.5) is 0 Å². The van der Waals surface area contributed by atoms with Crippen molar-refractivity contribution in [1.82, 2.24) is 9.78 Å². The van der Waals surface area contributed by atoms with E-state index in [4.69, 9.17) is 21.1 Å². The summed E-state index contributed by atoms with van der Waals surface area (Å²) in [6.45, 7) is 1.89. The van der Waals surface area contributed by atoms with Crippen molar-refractivity contribution in [3.8, 4) is 11.5 Å². The Kier molecular flexibility index (Phi) is 4.53. The fourth-order valence-corrected chi connectivity index (χ4v) is 2.46. The minimum absolute atomic E-state index is 0.0548. The molecule has 0 aliphatic heterocycles. The number of ketones is 1. The number of Topliss-reactive ketones (excluding diaryl/α,β-unsaturated/α-hetero) is 1. The first-order chi connectivity index (χ1) is 9.96. The van der Waals surface area contributed by atoms with E-state index in [2.05, 4.69) is 5.10 Å². The van der Waals surface area contributed by atoms with Crippen LogP contribution in [-0.4, -0.2) is 29.8 Å². The summed E-state index contributed by atoms with van der Waals surface area (Å²) >= 11 is 6.12. The zero-order chi connectivity index (χ0) is 15.6. The summed E-state index contributed by atoms with van der Waals surface area (Å²) in [5.41, 5.74) is 2.21. The quantitative estimate of drug-likeness (QED) is 0.797. The van der Waals surface area contributed by atoms with Crippen LogP contribution in [0.2, 0.25) is 5.02 Å². The van der Waals surface area contributed by atoms with Gasteiger partial charge in [0, 0.05) is 18.3 Å². The van der Waals surface area contributed by atoms with Crippen molar-refractivity contribution in [2.75, 3.05) is 14.2 Å². The Morgan fingerprint density at radius 2 is 2.00 bits per heavy atom. The molecule has 0 atom stereocenters. The van der Waals surface area contributed by atoms with E-state index < -0.39 is 0 Å². The summed E-state index contributed by atoms with van der Waals surface area (Å²) in [7, 11) is 4.83. The third-order valence-electron chi connectivity index (χ3n) is 3.20. The Labute approximate surface area is 128 Å². The maximum Gasteiger partial charge on any atom is 0.179 e. The highest BCUT2D eigenvalue weighted by Gasteiger charge is 2.16. The second-order valence-electron chi connectivity index (χ2n) is 4.69. The third kappa shape index (κ3) is 3.19. The zero-order valence-electron chi connectivity index (χ0n) is 12.4. The highest BCUT2D eigenvalue weighted by molar-refractivity contribution is 6.32. The average Bonchev–Trinajstić information content (AvgIpc) is 2.75. The Morgan fingerprint density at radius 3 is 2.52 bits per heavy atom. The topological polar surface area (TPSA) is 53.3 Å². The van der Waals surface area contributed by atoms with Crippen molar-refractivity contribution in [3.63, 3.8) is 0 Å². The van der Waals surface area contributed by atoms with Gasteiger partial charge in [-0.2, -0.15) is 5.10 Å². The minimum atomic E-state index is -0.0548. The molecule has 2 rings (SSSR count). The van der Waals surface area contributed by atoms with Crippen LogP contribution in [0.25, 0.3) is 0 Å². The first-order valence-corrected chi connectivity index (χ1v) is 6.78. The number of aromatic nitrogens is 2. The summed E-state index contributed by atoms with van der Waals surface area (Å²) in [5, 5.41) is 4.58. The highest BCUT2D eigenvalue weighted by Crippen LogP contribution is 2.36. The molecule has 112 valence electrons. The summed E-state index contributed by atoms with van der Waals surface area (Å²) in [4.78, 5) is 12.4. The molecular formula is C15H17ClN2O3. The van der Waals surface area contributed by atoms with Gasteiger partial charge in [-0.25, -0.2) is 0 Å².